The van der Waals surface area contributed by atoms with Crippen molar-refractivity contribution < 1.29 is 5.11 Å². The first-order valence-electron chi connectivity index (χ1n) is 6.34. The maximum Gasteiger partial charge on any atom is 0.111 e. The zero-order chi connectivity index (χ0) is 13.2. The Labute approximate surface area is 111 Å². The van der Waals surface area contributed by atoms with Gasteiger partial charge in [-0.1, -0.05) is 12.1 Å². The van der Waals surface area contributed by atoms with Gasteiger partial charge in [-0.15, -0.1) is 0 Å². The van der Waals surface area contributed by atoms with Gasteiger partial charge in [0.05, 0.1) is 17.8 Å². The SMILES string of the molecule is CCn1ccc(-c2ccc3cc(CO)ccc3n2)n1. The highest BCUT2D eigenvalue weighted by Crippen LogP contribution is 2.20. The van der Waals surface area contributed by atoms with E-state index in [1.54, 1.807) is 0 Å². The molecule has 0 unspecified atom stereocenters. The molecule has 0 atom stereocenters. The molecule has 19 heavy (non-hydrogen) atoms. The molecule has 2 aromatic heterocycles. The molecule has 0 radical (unpaired) electrons. The summed E-state index contributed by atoms with van der Waals surface area (Å²) in [6, 6.07) is 11.7. The summed E-state index contributed by atoms with van der Waals surface area (Å²) in [5.74, 6) is 0. The third-order valence-corrected chi connectivity index (χ3v) is 3.16. The van der Waals surface area contributed by atoms with Gasteiger partial charge >= 0.3 is 0 Å². The van der Waals surface area contributed by atoms with Crippen molar-refractivity contribution in [1.82, 2.24) is 14.8 Å². The molecule has 1 N–H and O–H groups in total. The lowest BCUT2D eigenvalue weighted by molar-refractivity contribution is 0.282. The molecular weight excluding hydrogens is 238 g/mol. The van der Waals surface area contributed by atoms with Gasteiger partial charge in [0, 0.05) is 18.1 Å². The first kappa shape index (κ1) is 11.9. The van der Waals surface area contributed by atoms with Gasteiger partial charge < -0.3 is 5.11 Å². The minimum absolute atomic E-state index is 0.0542. The highest BCUT2D eigenvalue weighted by atomic mass is 16.3. The third-order valence-electron chi connectivity index (χ3n) is 3.16. The zero-order valence-electron chi connectivity index (χ0n) is 10.7. The normalized spacial score (nSPS) is 11.1. The third kappa shape index (κ3) is 2.22. The first-order valence-corrected chi connectivity index (χ1v) is 6.34. The number of benzene rings is 1. The average Bonchev–Trinajstić information content (AvgIpc) is 2.95. The topological polar surface area (TPSA) is 50.9 Å². The van der Waals surface area contributed by atoms with Crippen molar-refractivity contribution >= 4 is 10.9 Å². The van der Waals surface area contributed by atoms with Crippen molar-refractivity contribution in [1.29, 1.82) is 0 Å². The molecule has 0 saturated heterocycles. The van der Waals surface area contributed by atoms with Crippen molar-refractivity contribution in [2.75, 3.05) is 0 Å². The highest BCUT2D eigenvalue weighted by Gasteiger charge is 2.05. The minimum atomic E-state index is 0.0542. The fourth-order valence-electron chi connectivity index (χ4n) is 2.09. The lowest BCUT2D eigenvalue weighted by Crippen LogP contribution is -1.94. The van der Waals surface area contributed by atoms with Gasteiger partial charge in [0.2, 0.25) is 0 Å². The molecule has 0 aliphatic carbocycles. The Kier molecular flexibility index (Phi) is 3.01. The molecule has 1 aromatic carbocycles. The van der Waals surface area contributed by atoms with E-state index in [2.05, 4.69) is 17.0 Å². The number of pyridine rings is 1. The van der Waals surface area contributed by atoms with Crippen molar-refractivity contribution in [2.24, 2.45) is 0 Å². The number of aromatic nitrogens is 3. The van der Waals surface area contributed by atoms with E-state index < -0.39 is 0 Å². The Morgan fingerprint density at radius 2 is 2.00 bits per heavy atom. The number of aliphatic hydroxyl groups excluding tert-OH is 1. The first-order chi connectivity index (χ1) is 9.30. The van der Waals surface area contributed by atoms with Gasteiger partial charge in [0.25, 0.3) is 0 Å². The van der Waals surface area contributed by atoms with Crippen LogP contribution < -0.4 is 0 Å². The van der Waals surface area contributed by atoms with Crippen LogP contribution in [0.15, 0.2) is 42.6 Å². The average molecular weight is 253 g/mol. The Balaban J connectivity index is 2.06. The molecule has 0 aliphatic rings. The summed E-state index contributed by atoms with van der Waals surface area (Å²) in [6.45, 7) is 2.97. The van der Waals surface area contributed by atoms with E-state index >= 15 is 0 Å². The number of rotatable bonds is 3. The van der Waals surface area contributed by atoms with Crippen LogP contribution >= 0.6 is 0 Å². The lowest BCUT2D eigenvalue weighted by atomic mass is 10.1. The molecule has 0 fully saturated rings. The number of fused-ring (bicyclic) bond motifs is 1. The summed E-state index contributed by atoms with van der Waals surface area (Å²) in [6.07, 6.45) is 1.95. The molecule has 0 aliphatic heterocycles. The van der Waals surface area contributed by atoms with Crippen molar-refractivity contribution in [3.05, 3.63) is 48.2 Å². The molecule has 0 bridgehead atoms. The number of aliphatic hydroxyl groups is 1. The van der Waals surface area contributed by atoms with Crippen LogP contribution in [0.3, 0.4) is 0 Å². The second kappa shape index (κ2) is 4.82. The molecule has 3 rings (SSSR count). The summed E-state index contributed by atoms with van der Waals surface area (Å²) >= 11 is 0. The molecule has 0 amide bonds. The molecule has 2 heterocycles. The van der Waals surface area contributed by atoms with E-state index in [1.165, 1.54) is 0 Å². The van der Waals surface area contributed by atoms with Crippen molar-refractivity contribution in [2.45, 2.75) is 20.1 Å². The summed E-state index contributed by atoms with van der Waals surface area (Å²) in [7, 11) is 0. The smallest absolute Gasteiger partial charge is 0.111 e. The van der Waals surface area contributed by atoms with Crippen LogP contribution in [0.4, 0.5) is 0 Å². The van der Waals surface area contributed by atoms with Gasteiger partial charge in [-0.05, 0) is 36.8 Å². The summed E-state index contributed by atoms with van der Waals surface area (Å²) in [5, 5.41) is 14.6. The van der Waals surface area contributed by atoms with E-state index in [4.69, 9.17) is 5.11 Å². The number of hydrogen-bond acceptors (Lipinski definition) is 3. The maximum absolute atomic E-state index is 9.13. The summed E-state index contributed by atoms with van der Waals surface area (Å²) in [4.78, 5) is 4.61. The predicted octanol–water partition coefficient (Wildman–Crippen LogP) is 2.61. The largest absolute Gasteiger partial charge is 0.392 e. The van der Waals surface area contributed by atoms with Crippen LogP contribution in [-0.2, 0) is 13.2 Å². The van der Waals surface area contributed by atoms with E-state index in [9.17, 15) is 0 Å². The molecule has 0 spiro atoms. The van der Waals surface area contributed by atoms with Gasteiger partial charge in [0.15, 0.2) is 0 Å². The van der Waals surface area contributed by atoms with Crippen LogP contribution in [-0.4, -0.2) is 19.9 Å². The Hall–Kier alpha value is -2.20. The number of nitrogens with zero attached hydrogens (tertiary/aromatic N) is 3. The van der Waals surface area contributed by atoms with E-state index in [0.717, 1.165) is 34.4 Å². The highest BCUT2D eigenvalue weighted by molar-refractivity contribution is 5.81. The molecule has 4 nitrogen and oxygen atoms in total. The molecule has 4 heteroatoms. The Morgan fingerprint density at radius 1 is 1.11 bits per heavy atom. The Morgan fingerprint density at radius 3 is 2.74 bits per heavy atom. The predicted molar refractivity (Wildman–Crippen MR) is 74.6 cm³/mol. The van der Waals surface area contributed by atoms with Crippen molar-refractivity contribution in [3.8, 4) is 11.4 Å². The van der Waals surface area contributed by atoms with Gasteiger partial charge in [-0.3, -0.25) is 4.68 Å². The molecule has 0 saturated carbocycles. The van der Waals surface area contributed by atoms with E-state index in [-0.39, 0.29) is 6.61 Å². The van der Waals surface area contributed by atoms with Crippen LogP contribution in [0.25, 0.3) is 22.3 Å². The van der Waals surface area contributed by atoms with Crippen LogP contribution in [0.2, 0.25) is 0 Å². The minimum Gasteiger partial charge on any atom is -0.392 e. The fourth-order valence-corrected chi connectivity index (χ4v) is 2.09. The number of hydrogen-bond donors (Lipinski definition) is 1. The van der Waals surface area contributed by atoms with Crippen LogP contribution in [0.5, 0.6) is 0 Å². The summed E-state index contributed by atoms with van der Waals surface area (Å²) in [5.41, 5.74) is 3.57. The van der Waals surface area contributed by atoms with E-state index in [0.29, 0.717) is 0 Å². The lowest BCUT2D eigenvalue weighted by Gasteiger charge is -2.02. The van der Waals surface area contributed by atoms with Gasteiger partial charge in [-0.2, -0.15) is 5.10 Å². The molecular formula is C15H15N3O. The zero-order valence-corrected chi connectivity index (χ0v) is 10.7. The molecule has 3 aromatic rings. The fraction of sp³-hybridized carbons (Fsp3) is 0.200. The second-order valence-corrected chi connectivity index (χ2v) is 4.44. The van der Waals surface area contributed by atoms with E-state index in [1.807, 2.05) is 47.3 Å². The number of aryl methyl sites for hydroxylation is 1. The quantitative estimate of drug-likeness (QED) is 0.780. The standard InChI is InChI=1S/C15H15N3O/c1-2-18-8-7-15(17-18)14-6-4-12-9-11(10-19)3-5-13(12)16-14/h3-9,19H,2,10H2,1H3. The van der Waals surface area contributed by atoms with Crippen molar-refractivity contribution in [3.63, 3.8) is 0 Å². The van der Waals surface area contributed by atoms with Gasteiger partial charge in [0.1, 0.15) is 5.69 Å². The van der Waals surface area contributed by atoms with Gasteiger partial charge in [-0.25, -0.2) is 4.98 Å². The second-order valence-electron chi connectivity index (χ2n) is 4.44. The van der Waals surface area contributed by atoms with Crippen LogP contribution in [0, 0.1) is 0 Å². The van der Waals surface area contributed by atoms with Crippen LogP contribution in [0.1, 0.15) is 12.5 Å². The monoisotopic (exact) mass is 253 g/mol. The Bertz CT molecular complexity index is 718. The maximum atomic E-state index is 9.13. The summed E-state index contributed by atoms with van der Waals surface area (Å²) < 4.78 is 1.88. The molecule has 96 valence electrons.